The summed E-state index contributed by atoms with van der Waals surface area (Å²) in [6, 6.07) is 7.48. The highest BCUT2D eigenvalue weighted by Crippen LogP contribution is 2.40. The number of hydrogen-bond donors (Lipinski definition) is 2. The second-order valence-electron chi connectivity index (χ2n) is 7.61. The van der Waals surface area contributed by atoms with E-state index in [1.165, 1.54) is 0 Å². The number of piperidine rings is 1. The smallest absolute Gasteiger partial charge is 0.317 e. The van der Waals surface area contributed by atoms with E-state index in [4.69, 9.17) is 9.47 Å². The number of fused-ring (bicyclic) bond motifs is 2. The van der Waals surface area contributed by atoms with E-state index in [2.05, 4.69) is 15.6 Å². The quantitative estimate of drug-likeness (QED) is 0.786. The molecule has 2 aliphatic rings. The largest absolute Gasteiger partial charge is 0.497 e. The Morgan fingerprint density at radius 2 is 2.00 bits per heavy atom. The normalized spacial score (nSPS) is 19.8. The lowest BCUT2D eigenvalue weighted by atomic mass is 9.88. The molecule has 9 nitrogen and oxygen atoms in total. The number of nitrogens with zero attached hydrogens (tertiary/aromatic N) is 3. The van der Waals surface area contributed by atoms with Crippen LogP contribution in [0.25, 0.3) is 0 Å². The summed E-state index contributed by atoms with van der Waals surface area (Å²) in [5.74, 6) is 1.45. The molecule has 1 aromatic heterocycles. The van der Waals surface area contributed by atoms with Gasteiger partial charge in [0.1, 0.15) is 17.2 Å². The summed E-state index contributed by atoms with van der Waals surface area (Å²) in [7, 11) is 3.25. The number of aromatic nitrogens is 2. The van der Waals surface area contributed by atoms with Crippen molar-refractivity contribution in [3.63, 3.8) is 0 Å². The molecule has 2 aliphatic heterocycles. The van der Waals surface area contributed by atoms with Crippen molar-refractivity contribution in [2.45, 2.75) is 37.6 Å². The Kier molecular flexibility index (Phi) is 5.63. The molecule has 0 unspecified atom stereocenters. The number of benzene rings is 1. The zero-order valence-electron chi connectivity index (χ0n) is 17.3. The molecule has 1 atom stereocenters. The van der Waals surface area contributed by atoms with Crippen LogP contribution in [0.5, 0.6) is 5.75 Å². The van der Waals surface area contributed by atoms with Crippen LogP contribution in [0, 0.1) is 0 Å². The molecular formula is C21H27N5O4. The number of hydrogen-bond acceptors (Lipinski definition) is 5. The molecule has 2 N–H and O–H groups in total. The van der Waals surface area contributed by atoms with E-state index in [0.717, 1.165) is 17.1 Å². The third-order valence-corrected chi connectivity index (χ3v) is 5.84. The Morgan fingerprint density at radius 1 is 1.27 bits per heavy atom. The van der Waals surface area contributed by atoms with Crippen LogP contribution >= 0.6 is 0 Å². The van der Waals surface area contributed by atoms with Gasteiger partial charge in [0, 0.05) is 51.9 Å². The summed E-state index contributed by atoms with van der Waals surface area (Å²) in [4.78, 5) is 31.1. The third kappa shape index (κ3) is 3.85. The van der Waals surface area contributed by atoms with Crippen LogP contribution in [0.15, 0.2) is 36.7 Å². The molecule has 0 radical (unpaired) electrons. The van der Waals surface area contributed by atoms with Gasteiger partial charge >= 0.3 is 6.03 Å². The van der Waals surface area contributed by atoms with Crippen LogP contribution in [0.4, 0.5) is 4.79 Å². The highest BCUT2D eigenvalue weighted by Gasteiger charge is 2.47. The molecule has 2 aromatic rings. The van der Waals surface area contributed by atoms with Gasteiger partial charge in [0.2, 0.25) is 0 Å². The van der Waals surface area contributed by atoms with E-state index in [-0.39, 0.29) is 11.9 Å². The first kappa shape index (κ1) is 20.2. The number of nitrogens with one attached hydrogen (secondary N) is 2. The van der Waals surface area contributed by atoms with Crippen molar-refractivity contribution in [3.05, 3.63) is 48.0 Å². The number of urea groups is 1. The number of imidazole rings is 1. The molecule has 1 fully saturated rings. The number of carbonyl (C=O) groups is 2. The van der Waals surface area contributed by atoms with Gasteiger partial charge in [-0.25, -0.2) is 9.78 Å². The summed E-state index contributed by atoms with van der Waals surface area (Å²) in [5, 5.41) is 5.63. The zero-order chi connectivity index (χ0) is 21.1. The number of likely N-dealkylation sites (tertiary alicyclic amines) is 1. The van der Waals surface area contributed by atoms with Crippen LogP contribution in [0.2, 0.25) is 0 Å². The second-order valence-corrected chi connectivity index (χ2v) is 7.61. The first-order valence-corrected chi connectivity index (χ1v) is 10.1. The maximum atomic E-state index is 12.9. The molecule has 3 amide bonds. The van der Waals surface area contributed by atoms with Gasteiger partial charge in [-0.1, -0.05) is 12.1 Å². The van der Waals surface area contributed by atoms with Crippen molar-refractivity contribution in [1.82, 2.24) is 25.1 Å². The van der Waals surface area contributed by atoms with E-state index in [9.17, 15) is 9.59 Å². The Hall–Kier alpha value is -3.07. The lowest BCUT2D eigenvalue weighted by molar-refractivity contribution is -0.171. The average Bonchev–Trinajstić information content (AvgIpc) is 3.27. The summed E-state index contributed by atoms with van der Waals surface area (Å²) < 4.78 is 13.5. The summed E-state index contributed by atoms with van der Waals surface area (Å²) >= 11 is 0. The van der Waals surface area contributed by atoms with Crippen LogP contribution < -0.4 is 15.4 Å². The molecule has 0 saturated carbocycles. The van der Waals surface area contributed by atoms with E-state index in [1.54, 1.807) is 25.3 Å². The zero-order valence-corrected chi connectivity index (χ0v) is 17.3. The van der Waals surface area contributed by atoms with Gasteiger partial charge in [-0.15, -0.1) is 0 Å². The van der Waals surface area contributed by atoms with Crippen molar-refractivity contribution in [2.75, 3.05) is 27.2 Å². The first-order valence-electron chi connectivity index (χ1n) is 10.1. The Labute approximate surface area is 175 Å². The molecular weight excluding hydrogens is 386 g/mol. The maximum absolute atomic E-state index is 12.9. The lowest BCUT2D eigenvalue weighted by Gasteiger charge is -2.45. The average molecular weight is 413 g/mol. The standard InChI is InChI=1S/C21H27N5O4/c1-22-20(28)25-10-7-21(8-11-25)19-23-9-12-26(19)14-17(30-21)18(27)24-13-15-3-5-16(29-2)6-4-15/h3-6,9,12,17H,7-8,10-11,13-14H2,1-2H3,(H,22,28)(H,24,27)/t17-/m0/s1. The minimum Gasteiger partial charge on any atom is -0.497 e. The topological polar surface area (TPSA) is 97.7 Å². The monoisotopic (exact) mass is 413 g/mol. The molecule has 9 heteroatoms. The summed E-state index contributed by atoms with van der Waals surface area (Å²) in [5.41, 5.74) is 0.325. The lowest BCUT2D eigenvalue weighted by Crippen LogP contribution is -2.55. The van der Waals surface area contributed by atoms with Gasteiger partial charge in [0.05, 0.1) is 13.7 Å². The third-order valence-electron chi connectivity index (χ3n) is 5.84. The Morgan fingerprint density at radius 3 is 2.67 bits per heavy atom. The number of carbonyl (C=O) groups excluding carboxylic acids is 2. The fourth-order valence-corrected chi connectivity index (χ4v) is 4.15. The molecule has 160 valence electrons. The van der Waals surface area contributed by atoms with Crippen LogP contribution in [0.1, 0.15) is 24.2 Å². The maximum Gasteiger partial charge on any atom is 0.317 e. The summed E-state index contributed by atoms with van der Waals surface area (Å²) in [6.45, 7) is 1.93. The van der Waals surface area contributed by atoms with Gasteiger partial charge in [0.15, 0.2) is 6.10 Å². The minimum atomic E-state index is -0.658. The second kappa shape index (κ2) is 8.35. The van der Waals surface area contributed by atoms with Gasteiger partial charge in [-0.2, -0.15) is 0 Å². The Bertz CT molecular complexity index is 902. The van der Waals surface area contributed by atoms with Crippen LogP contribution in [0.3, 0.4) is 0 Å². The van der Waals surface area contributed by atoms with Crippen molar-refractivity contribution in [3.8, 4) is 5.75 Å². The van der Waals surface area contributed by atoms with Crippen LogP contribution in [-0.4, -0.2) is 59.7 Å². The molecule has 0 bridgehead atoms. The molecule has 0 aliphatic carbocycles. The Balaban J connectivity index is 1.44. The predicted octanol–water partition coefficient (Wildman–Crippen LogP) is 1.24. The van der Waals surface area contributed by atoms with E-state index < -0.39 is 11.7 Å². The summed E-state index contributed by atoms with van der Waals surface area (Å²) in [6.07, 6.45) is 4.20. The number of methoxy groups -OCH3 is 1. The van der Waals surface area contributed by atoms with E-state index >= 15 is 0 Å². The first-order chi connectivity index (χ1) is 14.5. The molecule has 1 spiro atoms. The fourth-order valence-electron chi connectivity index (χ4n) is 4.15. The highest BCUT2D eigenvalue weighted by molar-refractivity contribution is 5.81. The fraction of sp³-hybridized carbons (Fsp3) is 0.476. The van der Waals surface area contributed by atoms with Gasteiger partial charge in [0.25, 0.3) is 5.91 Å². The molecule has 30 heavy (non-hydrogen) atoms. The molecule has 1 saturated heterocycles. The predicted molar refractivity (Wildman–Crippen MR) is 109 cm³/mol. The number of rotatable bonds is 4. The molecule has 3 heterocycles. The van der Waals surface area contributed by atoms with E-state index in [0.29, 0.717) is 39.0 Å². The number of ether oxygens (including phenoxy) is 2. The molecule has 4 rings (SSSR count). The highest BCUT2D eigenvalue weighted by atomic mass is 16.5. The molecule has 1 aromatic carbocycles. The van der Waals surface area contributed by atoms with E-state index in [1.807, 2.05) is 35.0 Å². The number of amides is 3. The van der Waals surface area contributed by atoms with Gasteiger partial charge in [-0.05, 0) is 17.7 Å². The van der Waals surface area contributed by atoms with Crippen molar-refractivity contribution in [1.29, 1.82) is 0 Å². The van der Waals surface area contributed by atoms with Crippen molar-refractivity contribution in [2.24, 2.45) is 0 Å². The van der Waals surface area contributed by atoms with Crippen molar-refractivity contribution < 1.29 is 19.1 Å². The van der Waals surface area contributed by atoms with Crippen LogP contribution in [-0.2, 0) is 28.2 Å². The SMILES string of the molecule is CNC(=O)N1CCC2(CC1)O[C@H](C(=O)NCc1ccc(OC)cc1)Cn1ccnc12. The van der Waals surface area contributed by atoms with Crippen molar-refractivity contribution >= 4 is 11.9 Å². The minimum absolute atomic E-state index is 0.0993. The van der Waals surface area contributed by atoms with Gasteiger partial charge in [-0.3, -0.25) is 4.79 Å². The van der Waals surface area contributed by atoms with Gasteiger partial charge < -0.3 is 29.6 Å².